The summed E-state index contributed by atoms with van der Waals surface area (Å²) in [5.41, 5.74) is 1.48. The third-order valence-electron chi connectivity index (χ3n) is 2.54. The van der Waals surface area contributed by atoms with Gasteiger partial charge in [-0.25, -0.2) is 9.78 Å². The predicted octanol–water partition coefficient (Wildman–Crippen LogP) is 3.84. The van der Waals surface area contributed by atoms with Gasteiger partial charge in [-0.05, 0) is 26.0 Å². The van der Waals surface area contributed by atoms with Crippen LogP contribution in [0.25, 0.3) is 10.6 Å². The van der Waals surface area contributed by atoms with E-state index in [1.54, 1.807) is 19.1 Å². The monoisotopic (exact) mass is 306 g/mol. The second-order valence-corrected chi connectivity index (χ2v) is 5.55. The summed E-state index contributed by atoms with van der Waals surface area (Å²) in [5, 5.41) is 10.0. The van der Waals surface area contributed by atoms with Gasteiger partial charge >= 0.3 is 5.97 Å². The molecule has 0 bridgehead atoms. The fraction of sp³-hybridized carbons (Fsp3) is 0.214. The number of aryl methyl sites for hydroxylation is 1. The van der Waals surface area contributed by atoms with Gasteiger partial charge in [-0.2, -0.15) is 5.26 Å². The molecule has 1 aromatic carbocycles. The molecular formula is C14H11ClN2O2S. The molecule has 0 aliphatic rings. The fourth-order valence-electron chi connectivity index (χ4n) is 1.54. The van der Waals surface area contributed by atoms with Crippen molar-refractivity contribution in [1.29, 1.82) is 5.26 Å². The first kappa shape index (κ1) is 14.5. The first-order chi connectivity index (χ1) is 9.51. The molecule has 0 radical (unpaired) electrons. The molecule has 0 N–H and O–H groups in total. The Hall–Kier alpha value is -1.90. The van der Waals surface area contributed by atoms with Gasteiger partial charge in [0.1, 0.15) is 16.0 Å². The smallest absolute Gasteiger partial charge is 0.351 e. The molecular weight excluding hydrogens is 296 g/mol. The van der Waals surface area contributed by atoms with Crippen LogP contribution in [0.3, 0.4) is 0 Å². The van der Waals surface area contributed by atoms with Crippen LogP contribution in [-0.4, -0.2) is 17.1 Å². The number of ether oxygens (including phenoxy) is 1. The highest BCUT2D eigenvalue weighted by Crippen LogP contribution is 2.29. The van der Waals surface area contributed by atoms with Gasteiger partial charge < -0.3 is 4.74 Å². The molecule has 102 valence electrons. The highest BCUT2D eigenvalue weighted by Gasteiger charge is 2.19. The lowest BCUT2D eigenvalue weighted by atomic mass is 10.2. The minimum absolute atomic E-state index is 0.414. The van der Waals surface area contributed by atoms with Crippen LogP contribution in [0.2, 0.25) is 5.02 Å². The quantitative estimate of drug-likeness (QED) is 0.808. The summed E-state index contributed by atoms with van der Waals surface area (Å²) >= 11 is 7.08. The number of nitriles is 1. The first-order valence-electron chi connectivity index (χ1n) is 5.85. The van der Waals surface area contributed by atoms with Crippen molar-refractivity contribution in [3.63, 3.8) is 0 Å². The Morgan fingerprint density at radius 3 is 2.70 bits per heavy atom. The van der Waals surface area contributed by atoms with Gasteiger partial charge in [0.15, 0.2) is 6.10 Å². The van der Waals surface area contributed by atoms with Crippen LogP contribution in [0.15, 0.2) is 24.3 Å². The minimum atomic E-state index is -0.775. The molecule has 0 aliphatic heterocycles. The average molecular weight is 307 g/mol. The summed E-state index contributed by atoms with van der Waals surface area (Å²) in [4.78, 5) is 16.7. The maximum absolute atomic E-state index is 11.9. The third kappa shape index (κ3) is 3.16. The molecule has 1 aromatic heterocycles. The number of hydrogen-bond acceptors (Lipinski definition) is 5. The summed E-state index contributed by atoms with van der Waals surface area (Å²) in [6.07, 6.45) is -0.775. The molecule has 0 saturated carbocycles. The van der Waals surface area contributed by atoms with Crippen molar-refractivity contribution in [2.45, 2.75) is 20.0 Å². The number of carbonyl (C=O) groups is 1. The number of hydrogen-bond donors (Lipinski definition) is 0. The van der Waals surface area contributed by atoms with Gasteiger partial charge in [0.2, 0.25) is 0 Å². The van der Waals surface area contributed by atoms with E-state index in [0.717, 1.165) is 10.6 Å². The molecule has 1 heterocycles. The Labute approximate surface area is 125 Å². The first-order valence-corrected chi connectivity index (χ1v) is 7.04. The lowest BCUT2D eigenvalue weighted by molar-refractivity contribution is 0.0440. The number of aromatic nitrogens is 1. The maximum Gasteiger partial charge on any atom is 0.351 e. The van der Waals surface area contributed by atoms with Crippen molar-refractivity contribution in [1.82, 2.24) is 4.98 Å². The molecule has 2 aromatic rings. The predicted molar refractivity (Wildman–Crippen MR) is 77.8 cm³/mol. The normalized spacial score (nSPS) is 11.7. The van der Waals surface area contributed by atoms with Crippen LogP contribution in [0, 0.1) is 18.3 Å². The average Bonchev–Trinajstić information content (AvgIpc) is 2.81. The molecule has 0 saturated heterocycles. The van der Waals surface area contributed by atoms with Crippen LogP contribution < -0.4 is 0 Å². The second kappa shape index (κ2) is 6.04. The Balaban J connectivity index is 2.28. The fourth-order valence-corrected chi connectivity index (χ4v) is 2.62. The number of nitrogens with zero attached hydrogens (tertiary/aromatic N) is 2. The zero-order valence-corrected chi connectivity index (χ0v) is 12.5. The van der Waals surface area contributed by atoms with Crippen LogP contribution >= 0.6 is 22.9 Å². The highest BCUT2D eigenvalue weighted by molar-refractivity contribution is 7.17. The Morgan fingerprint density at radius 2 is 2.10 bits per heavy atom. The summed E-state index contributed by atoms with van der Waals surface area (Å²) in [7, 11) is 0. The molecule has 4 nitrogen and oxygen atoms in total. The number of halogens is 1. The van der Waals surface area contributed by atoms with Gasteiger partial charge in [0.05, 0.1) is 5.69 Å². The summed E-state index contributed by atoms with van der Waals surface area (Å²) < 4.78 is 4.98. The van der Waals surface area contributed by atoms with Gasteiger partial charge in [0.25, 0.3) is 0 Å². The van der Waals surface area contributed by atoms with Gasteiger partial charge in [-0.15, -0.1) is 11.3 Å². The van der Waals surface area contributed by atoms with Crippen molar-refractivity contribution in [2.75, 3.05) is 0 Å². The van der Waals surface area contributed by atoms with Crippen LogP contribution in [-0.2, 0) is 4.74 Å². The SMILES string of the molecule is Cc1nc(-c2ccc(Cl)cc2)sc1C(=O)OC(C)C#N. The van der Waals surface area contributed by atoms with Crippen LogP contribution in [0.4, 0.5) is 0 Å². The van der Waals surface area contributed by atoms with Crippen molar-refractivity contribution in [3.05, 3.63) is 39.9 Å². The summed E-state index contributed by atoms with van der Waals surface area (Å²) in [5.74, 6) is -0.519. The Kier molecular flexibility index (Phi) is 4.38. The zero-order valence-electron chi connectivity index (χ0n) is 10.9. The third-order valence-corrected chi connectivity index (χ3v) is 3.98. The number of benzene rings is 1. The van der Waals surface area contributed by atoms with E-state index in [1.807, 2.05) is 18.2 Å². The molecule has 0 aliphatic carbocycles. The Morgan fingerprint density at radius 1 is 1.45 bits per heavy atom. The van der Waals surface area contributed by atoms with Crippen LogP contribution in [0.5, 0.6) is 0 Å². The number of rotatable bonds is 3. The van der Waals surface area contributed by atoms with E-state index in [4.69, 9.17) is 21.6 Å². The molecule has 2 rings (SSSR count). The molecule has 1 atom stereocenters. The van der Waals surface area contributed by atoms with E-state index in [9.17, 15) is 4.79 Å². The lowest BCUT2D eigenvalue weighted by Crippen LogP contribution is -2.12. The van der Waals surface area contributed by atoms with Gasteiger partial charge in [-0.1, -0.05) is 23.7 Å². The topological polar surface area (TPSA) is 63.0 Å². The molecule has 0 amide bonds. The Bertz CT molecular complexity index is 673. The number of carbonyl (C=O) groups excluding carboxylic acids is 1. The van der Waals surface area contributed by atoms with E-state index in [-0.39, 0.29) is 0 Å². The van der Waals surface area contributed by atoms with Gasteiger partial charge in [-0.3, -0.25) is 0 Å². The zero-order chi connectivity index (χ0) is 14.7. The number of thiazole rings is 1. The van der Waals surface area contributed by atoms with Crippen molar-refractivity contribution in [2.24, 2.45) is 0 Å². The van der Waals surface area contributed by atoms with Gasteiger partial charge in [0, 0.05) is 10.6 Å². The summed E-state index contributed by atoms with van der Waals surface area (Å²) in [6.45, 7) is 3.26. The highest BCUT2D eigenvalue weighted by atomic mass is 35.5. The maximum atomic E-state index is 11.9. The number of esters is 1. The van der Waals surface area contributed by atoms with E-state index in [0.29, 0.717) is 15.6 Å². The van der Waals surface area contributed by atoms with Crippen molar-refractivity contribution in [3.8, 4) is 16.6 Å². The van der Waals surface area contributed by atoms with E-state index >= 15 is 0 Å². The van der Waals surface area contributed by atoms with E-state index < -0.39 is 12.1 Å². The minimum Gasteiger partial charge on any atom is -0.443 e. The largest absolute Gasteiger partial charge is 0.443 e. The van der Waals surface area contributed by atoms with Crippen molar-refractivity contribution < 1.29 is 9.53 Å². The van der Waals surface area contributed by atoms with Crippen LogP contribution in [0.1, 0.15) is 22.3 Å². The van der Waals surface area contributed by atoms with Crippen molar-refractivity contribution >= 4 is 28.9 Å². The lowest BCUT2D eigenvalue weighted by Gasteiger charge is -2.03. The molecule has 0 fully saturated rings. The standard InChI is InChI=1S/C14H11ClN2O2S/c1-8(7-16)19-14(18)12-9(2)17-13(20-12)10-3-5-11(15)6-4-10/h3-6,8H,1-2H3. The van der Waals surface area contributed by atoms with E-state index in [2.05, 4.69) is 4.98 Å². The van der Waals surface area contributed by atoms with E-state index in [1.165, 1.54) is 18.3 Å². The molecule has 6 heteroatoms. The second-order valence-electron chi connectivity index (χ2n) is 4.12. The molecule has 0 spiro atoms. The summed E-state index contributed by atoms with van der Waals surface area (Å²) in [6, 6.07) is 9.07. The molecule has 20 heavy (non-hydrogen) atoms. The molecule has 1 unspecified atom stereocenters.